The first-order valence-corrected chi connectivity index (χ1v) is 8.45. The molecule has 0 aliphatic heterocycles. The number of rotatable bonds is 7. The molecule has 1 unspecified atom stereocenters. The molecule has 2 amide bonds. The molecule has 0 aliphatic carbocycles. The van der Waals surface area contributed by atoms with Gasteiger partial charge in [0.15, 0.2) is 0 Å². The van der Waals surface area contributed by atoms with Crippen LogP contribution in [0.1, 0.15) is 11.6 Å². The van der Waals surface area contributed by atoms with E-state index < -0.39 is 6.04 Å². The van der Waals surface area contributed by atoms with Crippen LogP contribution >= 0.6 is 0 Å². The van der Waals surface area contributed by atoms with Crippen LogP contribution < -0.4 is 15.5 Å². The molecule has 2 N–H and O–H groups in total. The van der Waals surface area contributed by atoms with Gasteiger partial charge in [-0.1, -0.05) is 30.3 Å². The zero-order chi connectivity index (χ0) is 19.1. The smallest absolute Gasteiger partial charge is 0.243 e. The zero-order valence-corrected chi connectivity index (χ0v) is 15.7. The highest BCUT2D eigenvalue weighted by atomic mass is 16.2. The van der Waals surface area contributed by atoms with Gasteiger partial charge in [-0.05, 0) is 43.9 Å². The molecule has 0 saturated carbocycles. The number of nitrogens with one attached hydrogen (secondary N) is 2. The van der Waals surface area contributed by atoms with E-state index >= 15 is 0 Å². The summed E-state index contributed by atoms with van der Waals surface area (Å²) in [6.45, 7) is -0.0779. The van der Waals surface area contributed by atoms with Gasteiger partial charge in [-0.25, -0.2) is 0 Å². The van der Waals surface area contributed by atoms with Crippen molar-refractivity contribution in [3.05, 3.63) is 60.2 Å². The summed E-state index contributed by atoms with van der Waals surface area (Å²) in [5.41, 5.74) is 2.63. The van der Waals surface area contributed by atoms with Gasteiger partial charge in [0, 0.05) is 25.5 Å². The molecule has 0 fully saturated rings. The van der Waals surface area contributed by atoms with E-state index in [0.717, 1.165) is 11.3 Å². The first-order valence-electron chi connectivity index (χ1n) is 8.45. The Kier molecular flexibility index (Phi) is 6.74. The first kappa shape index (κ1) is 19.5. The summed E-state index contributed by atoms with van der Waals surface area (Å²) in [7, 11) is 7.58. The Morgan fingerprint density at radius 2 is 1.54 bits per heavy atom. The number of benzene rings is 2. The molecule has 1 atom stereocenters. The lowest BCUT2D eigenvalue weighted by molar-refractivity contribution is -0.127. The highest BCUT2D eigenvalue weighted by Gasteiger charge is 2.22. The van der Waals surface area contributed by atoms with Crippen molar-refractivity contribution in [2.75, 3.05) is 45.0 Å². The molecule has 138 valence electrons. The van der Waals surface area contributed by atoms with Crippen molar-refractivity contribution >= 4 is 23.2 Å². The molecule has 0 bridgehead atoms. The van der Waals surface area contributed by atoms with E-state index in [9.17, 15) is 9.59 Å². The van der Waals surface area contributed by atoms with Crippen LogP contribution in [-0.2, 0) is 9.59 Å². The molecule has 2 aromatic rings. The quantitative estimate of drug-likeness (QED) is 0.799. The Labute approximate surface area is 154 Å². The third-order valence-corrected chi connectivity index (χ3v) is 3.97. The van der Waals surface area contributed by atoms with Crippen LogP contribution in [0.4, 0.5) is 11.4 Å². The van der Waals surface area contributed by atoms with Gasteiger partial charge in [0.2, 0.25) is 11.8 Å². The van der Waals surface area contributed by atoms with Gasteiger partial charge >= 0.3 is 0 Å². The van der Waals surface area contributed by atoms with Crippen LogP contribution in [0, 0.1) is 0 Å². The minimum absolute atomic E-state index is 0.0779. The van der Waals surface area contributed by atoms with Crippen molar-refractivity contribution < 1.29 is 9.59 Å². The molecular formula is C20H26N4O2. The number of amides is 2. The third kappa shape index (κ3) is 5.32. The van der Waals surface area contributed by atoms with Gasteiger partial charge < -0.3 is 15.5 Å². The van der Waals surface area contributed by atoms with Gasteiger partial charge in [-0.15, -0.1) is 0 Å². The van der Waals surface area contributed by atoms with Gasteiger partial charge in [0.05, 0.1) is 6.54 Å². The summed E-state index contributed by atoms with van der Waals surface area (Å²) in [5.74, 6) is -0.471. The molecule has 2 rings (SSSR count). The summed E-state index contributed by atoms with van der Waals surface area (Å²) in [4.78, 5) is 28.4. The number of likely N-dealkylation sites (N-methyl/N-ethyl adjacent to an activating group) is 1. The van der Waals surface area contributed by atoms with Crippen molar-refractivity contribution in [2.24, 2.45) is 0 Å². The maximum Gasteiger partial charge on any atom is 0.243 e. The lowest BCUT2D eigenvalue weighted by Gasteiger charge is -2.23. The fourth-order valence-electron chi connectivity index (χ4n) is 2.63. The number of hydrogen-bond acceptors (Lipinski definition) is 4. The number of nitrogens with zero attached hydrogens (tertiary/aromatic N) is 2. The lowest BCUT2D eigenvalue weighted by atomic mass is 10.1. The van der Waals surface area contributed by atoms with Gasteiger partial charge in [-0.2, -0.15) is 0 Å². The average Bonchev–Trinajstić information content (AvgIpc) is 2.61. The van der Waals surface area contributed by atoms with Crippen LogP contribution in [0.25, 0.3) is 0 Å². The fraction of sp³-hybridized carbons (Fsp3) is 0.300. The van der Waals surface area contributed by atoms with E-state index in [4.69, 9.17) is 0 Å². The standard InChI is InChI=1S/C20H26N4O2/c1-23(2)17-12-10-16(11-13-17)22-18(25)14-21-20(26)19(24(3)4)15-8-6-5-7-9-15/h5-13,19H,14H2,1-4H3,(H,21,26)(H,22,25). The minimum atomic E-state index is -0.441. The molecule has 0 saturated heterocycles. The van der Waals surface area contributed by atoms with Crippen molar-refractivity contribution in [1.82, 2.24) is 10.2 Å². The van der Waals surface area contributed by atoms with Crippen molar-refractivity contribution in [2.45, 2.75) is 6.04 Å². The van der Waals surface area contributed by atoms with Crippen molar-refractivity contribution in [1.29, 1.82) is 0 Å². The average molecular weight is 354 g/mol. The number of carbonyl (C=O) groups is 2. The molecule has 0 spiro atoms. The van der Waals surface area contributed by atoms with Crippen LogP contribution in [0.5, 0.6) is 0 Å². The molecule has 0 aromatic heterocycles. The van der Waals surface area contributed by atoms with Crippen LogP contribution in [0.2, 0.25) is 0 Å². The topological polar surface area (TPSA) is 64.7 Å². The summed E-state index contributed by atoms with van der Waals surface area (Å²) < 4.78 is 0. The predicted molar refractivity (Wildman–Crippen MR) is 105 cm³/mol. The molecule has 0 heterocycles. The number of carbonyl (C=O) groups excluding carboxylic acids is 2. The molecule has 0 radical (unpaired) electrons. The Hall–Kier alpha value is -2.86. The zero-order valence-electron chi connectivity index (χ0n) is 15.7. The second kappa shape index (κ2) is 9.01. The maximum absolute atomic E-state index is 12.5. The van der Waals surface area contributed by atoms with E-state index in [2.05, 4.69) is 10.6 Å². The molecule has 6 heteroatoms. The fourth-order valence-corrected chi connectivity index (χ4v) is 2.63. The minimum Gasteiger partial charge on any atom is -0.378 e. The van der Waals surface area contributed by atoms with Crippen molar-refractivity contribution in [3.63, 3.8) is 0 Å². The Bertz CT molecular complexity index is 727. The summed E-state index contributed by atoms with van der Waals surface area (Å²) in [6.07, 6.45) is 0. The molecule has 26 heavy (non-hydrogen) atoms. The Morgan fingerprint density at radius 3 is 2.08 bits per heavy atom. The highest BCUT2D eigenvalue weighted by molar-refractivity contribution is 5.95. The van der Waals surface area contributed by atoms with Crippen molar-refractivity contribution in [3.8, 4) is 0 Å². The van der Waals surface area contributed by atoms with Crippen LogP contribution in [-0.4, -0.2) is 51.4 Å². The first-order chi connectivity index (χ1) is 12.4. The summed E-state index contributed by atoms with van der Waals surface area (Å²) >= 11 is 0. The normalized spacial score (nSPS) is 11.7. The van der Waals surface area contributed by atoms with Gasteiger partial charge in [0.1, 0.15) is 6.04 Å². The van der Waals surface area contributed by atoms with E-state index in [1.807, 2.05) is 92.6 Å². The second-order valence-electron chi connectivity index (χ2n) is 6.48. The van der Waals surface area contributed by atoms with Gasteiger partial charge in [0.25, 0.3) is 0 Å². The molecule has 6 nitrogen and oxygen atoms in total. The highest BCUT2D eigenvalue weighted by Crippen LogP contribution is 2.18. The predicted octanol–water partition coefficient (Wildman–Crippen LogP) is 2.11. The Morgan fingerprint density at radius 1 is 0.923 bits per heavy atom. The van der Waals surface area contributed by atoms with E-state index in [1.165, 1.54) is 0 Å². The monoisotopic (exact) mass is 354 g/mol. The van der Waals surface area contributed by atoms with E-state index in [-0.39, 0.29) is 18.4 Å². The summed E-state index contributed by atoms with van der Waals surface area (Å²) in [6, 6.07) is 16.6. The second-order valence-corrected chi connectivity index (χ2v) is 6.48. The Balaban J connectivity index is 1.92. The molecule has 2 aromatic carbocycles. The van der Waals surface area contributed by atoms with Crippen LogP contribution in [0.3, 0.4) is 0 Å². The van der Waals surface area contributed by atoms with E-state index in [1.54, 1.807) is 0 Å². The van der Waals surface area contributed by atoms with Gasteiger partial charge in [-0.3, -0.25) is 14.5 Å². The summed E-state index contributed by atoms with van der Waals surface area (Å²) in [5, 5.41) is 5.50. The maximum atomic E-state index is 12.5. The number of hydrogen-bond donors (Lipinski definition) is 2. The SMILES string of the molecule is CN(C)c1ccc(NC(=O)CNC(=O)C(c2ccccc2)N(C)C)cc1. The third-order valence-electron chi connectivity index (χ3n) is 3.97. The molecular weight excluding hydrogens is 328 g/mol. The lowest BCUT2D eigenvalue weighted by Crippen LogP contribution is -2.40. The number of anilines is 2. The molecule has 0 aliphatic rings. The van der Waals surface area contributed by atoms with E-state index in [0.29, 0.717) is 5.69 Å². The largest absolute Gasteiger partial charge is 0.378 e. The van der Waals surface area contributed by atoms with Crippen LogP contribution in [0.15, 0.2) is 54.6 Å².